The number of nitrogens with zero attached hydrogens (tertiary/aromatic N) is 4. The fourth-order valence-corrected chi connectivity index (χ4v) is 5.18. The van der Waals surface area contributed by atoms with E-state index in [1.165, 1.54) is 42.7 Å². The molecule has 1 aliphatic carbocycles. The van der Waals surface area contributed by atoms with Gasteiger partial charge < -0.3 is 9.30 Å². The molecule has 1 amide bonds. The van der Waals surface area contributed by atoms with Crippen molar-refractivity contribution in [1.29, 1.82) is 0 Å². The molecule has 0 bridgehead atoms. The molecule has 2 aromatic heterocycles. The molecule has 1 saturated heterocycles. The van der Waals surface area contributed by atoms with E-state index in [-0.39, 0.29) is 5.91 Å². The summed E-state index contributed by atoms with van der Waals surface area (Å²) >= 11 is 6.17. The number of hydrogen-bond acceptors (Lipinski definition) is 3. The summed E-state index contributed by atoms with van der Waals surface area (Å²) in [7, 11) is 0. The van der Waals surface area contributed by atoms with Crippen molar-refractivity contribution in [1.82, 2.24) is 19.2 Å². The van der Waals surface area contributed by atoms with E-state index in [0.717, 1.165) is 36.5 Å². The number of aryl methyl sites for hydroxylation is 1. The van der Waals surface area contributed by atoms with Gasteiger partial charge in [-0.05, 0) is 68.9 Å². The van der Waals surface area contributed by atoms with Crippen molar-refractivity contribution in [2.75, 3.05) is 26.2 Å². The zero-order chi connectivity index (χ0) is 26.1. The SMILES string of the molecule is CC(=CC=CC(C)F)C(=O)N1CCN(Cc2c(-c3ccc(Cl)cc3)nc3cc(C)c(C4CC4)cn23)CC1. The summed E-state index contributed by atoms with van der Waals surface area (Å²) < 4.78 is 15.3. The van der Waals surface area contributed by atoms with Crippen molar-refractivity contribution in [3.05, 3.63) is 82.2 Å². The maximum atomic E-state index is 13.0. The van der Waals surface area contributed by atoms with Gasteiger partial charge in [0, 0.05) is 55.1 Å². The smallest absolute Gasteiger partial charge is 0.249 e. The fourth-order valence-electron chi connectivity index (χ4n) is 5.06. The number of alkyl halides is 1. The van der Waals surface area contributed by atoms with E-state index in [1.54, 1.807) is 19.1 Å². The molecule has 3 heterocycles. The number of carbonyl (C=O) groups excluding carboxylic acids is 1. The monoisotopic (exact) mass is 520 g/mol. The van der Waals surface area contributed by atoms with Crippen LogP contribution in [0.5, 0.6) is 0 Å². The number of carbonyl (C=O) groups is 1. The Labute approximate surface area is 223 Å². The van der Waals surface area contributed by atoms with E-state index in [9.17, 15) is 9.18 Å². The molecule has 3 aromatic rings. The number of aromatic nitrogens is 2. The Bertz CT molecular complexity index is 1350. The minimum atomic E-state index is -1.02. The number of hydrogen-bond donors (Lipinski definition) is 0. The second-order valence-electron chi connectivity index (χ2n) is 10.3. The molecule has 5 rings (SSSR count). The van der Waals surface area contributed by atoms with Crippen molar-refractivity contribution in [2.45, 2.75) is 52.2 Å². The van der Waals surface area contributed by atoms with Crippen LogP contribution in [0.2, 0.25) is 5.02 Å². The molecule has 5 nitrogen and oxygen atoms in total. The van der Waals surface area contributed by atoms with E-state index in [0.29, 0.717) is 29.6 Å². The van der Waals surface area contributed by atoms with Crippen LogP contribution in [0.1, 0.15) is 49.4 Å². The molecule has 1 aromatic carbocycles. The van der Waals surface area contributed by atoms with Crippen LogP contribution < -0.4 is 0 Å². The number of benzene rings is 1. The lowest BCUT2D eigenvalue weighted by Gasteiger charge is -2.35. The van der Waals surface area contributed by atoms with Crippen LogP contribution in [0.15, 0.2) is 60.3 Å². The third kappa shape index (κ3) is 5.81. The summed E-state index contributed by atoms with van der Waals surface area (Å²) in [6.45, 7) is 9.08. The topological polar surface area (TPSA) is 40.9 Å². The molecule has 2 fully saturated rings. The highest BCUT2D eigenvalue weighted by Crippen LogP contribution is 2.42. The molecule has 7 heteroatoms. The predicted octanol–water partition coefficient (Wildman–Crippen LogP) is 6.35. The molecule has 1 unspecified atom stereocenters. The van der Waals surface area contributed by atoms with Crippen LogP contribution in [0.3, 0.4) is 0 Å². The Morgan fingerprint density at radius 2 is 1.89 bits per heavy atom. The summed E-state index contributed by atoms with van der Waals surface area (Å²) in [4.78, 5) is 22.2. The molecular weight excluding hydrogens is 487 g/mol. The Morgan fingerprint density at radius 1 is 1.19 bits per heavy atom. The Balaban J connectivity index is 1.37. The average Bonchev–Trinajstić information content (AvgIpc) is 3.67. The van der Waals surface area contributed by atoms with Gasteiger partial charge in [-0.1, -0.05) is 42.0 Å². The van der Waals surface area contributed by atoms with E-state index in [2.05, 4.69) is 28.5 Å². The Morgan fingerprint density at radius 3 is 2.54 bits per heavy atom. The Kier molecular flexibility index (Phi) is 7.50. The molecule has 194 valence electrons. The molecule has 0 spiro atoms. The van der Waals surface area contributed by atoms with Gasteiger partial charge in [-0.15, -0.1) is 0 Å². The highest BCUT2D eigenvalue weighted by molar-refractivity contribution is 6.30. The van der Waals surface area contributed by atoms with Gasteiger partial charge in [-0.3, -0.25) is 9.69 Å². The van der Waals surface area contributed by atoms with Crippen LogP contribution in [0.4, 0.5) is 4.39 Å². The zero-order valence-electron chi connectivity index (χ0n) is 21.8. The van der Waals surface area contributed by atoms with Crippen LogP contribution in [0, 0.1) is 6.92 Å². The number of rotatable bonds is 7. The molecule has 37 heavy (non-hydrogen) atoms. The van der Waals surface area contributed by atoms with Gasteiger partial charge in [-0.2, -0.15) is 0 Å². The van der Waals surface area contributed by atoms with Crippen LogP contribution in [-0.4, -0.2) is 57.4 Å². The highest BCUT2D eigenvalue weighted by Gasteiger charge is 2.28. The normalized spacial score (nSPS) is 18.2. The minimum absolute atomic E-state index is 0.0111. The van der Waals surface area contributed by atoms with Gasteiger partial charge in [-0.25, -0.2) is 9.37 Å². The fraction of sp³-hybridized carbons (Fsp3) is 0.400. The number of halogens is 2. The molecule has 1 aliphatic heterocycles. The van der Waals surface area contributed by atoms with Crippen molar-refractivity contribution in [3.8, 4) is 11.3 Å². The van der Waals surface area contributed by atoms with Crippen LogP contribution >= 0.6 is 11.6 Å². The van der Waals surface area contributed by atoms with E-state index in [4.69, 9.17) is 16.6 Å². The lowest BCUT2D eigenvalue weighted by Crippen LogP contribution is -2.48. The average molecular weight is 521 g/mol. The largest absolute Gasteiger partial charge is 0.336 e. The lowest BCUT2D eigenvalue weighted by molar-refractivity contribution is -0.128. The molecule has 0 N–H and O–H groups in total. The number of piperazine rings is 1. The minimum Gasteiger partial charge on any atom is -0.336 e. The van der Waals surface area contributed by atoms with Crippen LogP contribution in [-0.2, 0) is 11.3 Å². The van der Waals surface area contributed by atoms with E-state index in [1.807, 2.05) is 29.2 Å². The summed E-state index contributed by atoms with van der Waals surface area (Å²) in [5.74, 6) is 0.671. The third-order valence-electron chi connectivity index (χ3n) is 7.33. The second kappa shape index (κ2) is 10.8. The first-order valence-corrected chi connectivity index (χ1v) is 13.5. The van der Waals surface area contributed by atoms with Crippen LogP contribution in [0.25, 0.3) is 16.9 Å². The van der Waals surface area contributed by atoms with Gasteiger partial charge in [0.25, 0.3) is 0 Å². The zero-order valence-corrected chi connectivity index (χ0v) is 22.5. The number of amides is 1. The summed E-state index contributed by atoms with van der Waals surface area (Å²) in [6, 6.07) is 10.1. The van der Waals surface area contributed by atoms with Gasteiger partial charge >= 0.3 is 0 Å². The van der Waals surface area contributed by atoms with Crippen molar-refractivity contribution in [3.63, 3.8) is 0 Å². The van der Waals surface area contributed by atoms with Crippen molar-refractivity contribution in [2.24, 2.45) is 0 Å². The summed E-state index contributed by atoms with van der Waals surface area (Å²) in [6.07, 6.45) is 8.54. The maximum Gasteiger partial charge on any atom is 0.249 e. The van der Waals surface area contributed by atoms with Crippen molar-refractivity contribution < 1.29 is 9.18 Å². The quantitative estimate of drug-likeness (QED) is 0.269. The van der Waals surface area contributed by atoms with E-state index >= 15 is 0 Å². The first-order valence-electron chi connectivity index (χ1n) is 13.1. The van der Waals surface area contributed by atoms with Gasteiger partial charge in [0.15, 0.2) is 0 Å². The number of imidazole rings is 1. The van der Waals surface area contributed by atoms with Crippen molar-refractivity contribution >= 4 is 23.2 Å². The molecule has 2 aliphatic rings. The van der Waals surface area contributed by atoms with Gasteiger partial charge in [0.05, 0.1) is 11.4 Å². The van der Waals surface area contributed by atoms with E-state index < -0.39 is 6.17 Å². The molecule has 1 saturated carbocycles. The highest BCUT2D eigenvalue weighted by atomic mass is 35.5. The maximum absolute atomic E-state index is 13.0. The van der Waals surface area contributed by atoms with Gasteiger partial charge in [0.1, 0.15) is 11.8 Å². The number of allylic oxidation sites excluding steroid dienone is 3. The molecular formula is C30H34ClFN4O. The first-order chi connectivity index (χ1) is 17.8. The first kappa shape index (κ1) is 25.7. The number of fused-ring (bicyclic) bond motifs is 1. The number of pyridine rings is 1. The van der Waals surface area contributed by atoms with Gasteiger partial charge in [0.2, 0.25) is 5.91 Å². The summed E-state index contributed by atoms with van der Waals surface area (Å²) in [5.41, 5.74) is 7.52. The standard InChI is InChI=1S/C30H34ClFN4O/c1-20(5-4-6-22(3)32)30(37)35-15-13-34(14-16-35)19-27-29(24-9-11-25(31)12-10-24)33-28-17-21(2)26(18-36(27)28)23-7-8-23/h4-6,9-12,17-18,22-23H,7-8,13-16,19H2,1-3H3. The Hall–Kier alpha value is -2.96. The third-order valence-corrected chi connectivity index (χ3v) is 7.59. The summed E-state index contributed by atoms with van der Waals surface area (Å²) in [5, 5.41) is 0.709. The lowest BCUT2D eigenvalue weighted by atomic mass is 10.1. The predicted molar refractivity (Wildman–Crippen MR) is 148 cm³/mol. The second-order valence-corrected chi connectivity index (χ2v) is 10.7. The molecule has 0 radical (unpaired) electrons. The molecule has 1 atom stereocenters.